The van der Waals surface area contributed by atoms with Gasteiger partial charge in [0.2, 0.25) is 0 Å². The number of aliphatic carboxylic acids is 1. The van der Waals surface area contributed by atoms with Crippen molar-refractivity contribution in [2.45, 2.75) is 6.04 Å². The zero-order valence-electron chi connectivity index (χ0n) is 8.89. The Morgan fingerprint density at radius 1 is 1.59 bits per heavy atom. The minimum Gasteiger partial charge on any atom is -0.480 e. The molecule has 1 heterocycles. The van der Waals surface area contributed by atoms with Crippen molar-refractivity contribution in [3.8, 4) is 0 Å². The number of rotatable bonds is 3. The van der Waals surface area contributed by atoms with Gasteiger partial charge in [-0.05, 0) is 17.7 Å². The Balaban J connectivity index is 2.25. The highest BCUT2D eigenvalue weighted by Gasteiger charge is 2.33. The number of carboxylic acids is 1. The van der Waals surface area contributed by atoms with Gasteiger partial charge in [-0.25, -0.2) is 4.79 Å². The largest absolute Gasteiger partial charge is 0.480 e. The molecule has 1 aliphatic heterocycles. The van der Waals surface area contributed by atoms with Gasteiger partial charge in [0, 0.05) is 11.0 Å². The number of urea groups is 1. The Kier molecular flexibility index (Phi) is 3.33. The lowest BCUT2D eigenvalue weighted by Gasteiger charge is -2.21. The summed E-state index contributed by atoms with van der Waals surface area (Å²) in [5, 5.41) is 11.4. The van der Waals surface area contributed by atoms with Crippen molar-refractivity contribution in [2.24, 2.45) is 0 Å². The van der Waals surface area contributed by atoms with E-state index in [-0.39, 0.29) is 18.6 Å². The van der Waals surface area contributed by atoms with Gasteiger partial charge in [0.05, 0.1) is 6.04 Å². The summed E-state index contributed by atoms with van der Waals surface area (Å²) in [6.45, 7) is 0.144. The predicted octanol–water partition coefficient (Wildman–Crippen LogP) is 1.60. The van der Waals surface area contributed by atoms with Gasteiger partial charge in [-0.2, -0.15) is 0 Å². The maximum atomic E-state index is 11.5. The third kappa shape index (κ3) is 2.58. The number of benzene rings is 1. The molecule has 2 amide bonds. The summed E-state index contributed by atoms with van der Waals surface area (Å²) in [4.78, 5) is 23.6. The quantitative estimate of drug-likeness (QED) is 0.890. The smallest absolute Gasteiger partial charge is 0.323 e. The lowest BCUT2D eigenvalue weighted by atomic mass is 10.1. The number of carbonyl (C=O) groups is 2. The highest BCUT2D eigenvalue weighted by Crippen LogP contribution is 2.26. The summed E-state index contributed by atoms with van der Waals surface area (Å²) in [6, 6.07) is 6.95. The molecule has 1 aromatic rings. The van der Waals surface area contributed by atoms with Crippen molar-refractivity contribution < 1.29 is 14.7 Å². The van der Waals surface area contributed by atoms with E-state index in [1.165, 1.54) is 4.90 Å². The Morgan fingerprint density at radius 3 is 3.00 bits per heavy atom. The molecular weight excluding hydrogens is 288 g/mol. The number of amides is 2. The molecule has 1 atom stereocenters. The van der Waals surface area contributed by atoms with Crippen molar-refractivity contribution in [3.05, 3.63) is 34.3 Å². The fourth-order valence-electron chi connectivity index (χ4n) is 1.88. The second kappa shape index (κ2) is 4.75. The van der Waals surface area contributed by atoms with Crippen LogP contribution in [-0.4, -0.2) is 35.1 Å². The third-order valence-corrected chi connectivity index (χ3v) is 3.12. The van der Waals surface area contributed by atoms with Crippen molar-refractivity contribution >= 4 is 27.9 Å². The van der Waals surface area contributed by atoms with E-state index < -0.39 is 5.97 Å². The first-order valence-electron chi connectivity index (χ1n) is 5.09. The maximum Gasteiger partial charge on any atom is 0.323 e. The van der Waals surface area contributed by atoms with Crippen LogP contribution in [0.25, 0.3) is 0 Å². The van der Waals surface area contributed by atoms with E-state index in [0.29, 0.717) is 6.54 Å². The third-order valence-electron chi connectivity index (χ3n) is 2.62. The summed E-state index contributed by atoms with van der Waals surface area (Å²) in [6.07, 6.45) is 0. The van der Waals surface area contributed by atoms with E-state index in [4.69, 9.17) is 5.11 Å². The number of nitrogens with one attached hydrogen (secondary N) is 1. The molecule has 17 heavy (non-hydrogen) atoms. The molecule has 1 fully saturated rings. The van der Waals surface area contributed by atoms with Crippen LogP contribution in [0.2, 0.25) is 0 Å². The topological polar surface area (TPSA) is 69.6 Å². The number of halogens is 1. The van der Waals surface area contributed by atoms with E-state index in [1.807, 2.05) is 24.3 Å². The molecular formula is C11H11BrN2O3. The van der Waals surface area contributed by atoms with Crippen molar-refractivity contribution in [3.63, 3.8) is 0 Å². The van der Waals surface area contributed by atoms with E-state index in [1.54, 1.807) is 0 Å². The number of hydrogen-bond acceptors (Lipinski definition) is 2. The van der Waals surface area contributed by atoms with Crippen LogP contribution in [0.4, 0.5) is 4.79 Å². The summed E-state index contributed by atoms with van der Waals surface area (Å²) in [7, 11) is 0. The second-order valence-electron chi connectivity index (χ2n) is 3.78. The molecule has 1 aliphatic rings. The molecule has 0 spiro atoms. The minimum atomic E-state index is -1.01. The molecule has 0 radical (unpaired) electrons. The first-order valence-corrected chi connectivity index (χ1v) is 5.89. The number of carbonyl (C=O) groups excluding carboxylic acids is 1. The van der Waals surface area contributed by atoms with Crippen molar-refractivity contribution in [1.82, 2.24) is 10.2 Å². The SMILES string of the molecule is O=C(O)CN1C(=O)NCC1c1cccc(Br)c1. The van der Waals surface area contributed by atoms with Gasteiger partial charge in [0.15, 0.2) is 0 Å². The number of carboxylic acid groups (broad SMARTS) is 1. The predicted molar refractivity (Wildman–Crippen MR) is 64.6 cm³/mol. The second-order valence-corrected chi connectivity index (χ2v) is 4.69. The zero-order chi connectivity index (χ0) is 12.4. The summed E-state index contributed by atoms with van der Waals surface area (Å²) in [5.41, 5.74) is 0.916. The Bertz CT molecular complexity index is 464. The van der Waals surface area contributed by atoms with Gasteiger partial charge in [-0.3, -0.25) is 4.79 Å². The molecule has 90 valence electrons. The van der Waals surface area contributed by atoms with Gasteiger partial charge in [0.1, 0.15) is 6.54 Å². The van der Waals surface area contributed by atoms with Crippen LogP contribution in [0.3, 0.4) is 0 Å². The first kappa shape index (κ1) is 11.9. The van der Waals surface area contributed by atoms with Crippen LogP contribution in [0.5, 0.6) is 0 Å². The molecule has 5 nitrogen and oxygen atoms in total. The number of hydrogen-bond donors (Lipinski definition) is 2. The van der Waals surface area contributed by atoms with E-state index in [2.05, 4.69) is 21.2 Å². The standard InChI is InChI=1S/C11H11BrN2O3/c12-8-3-1-2-7(4-8)9-5-13-11(17)14(9)6-10(15)16/h1-4,9H,5-6H2,(H,13,17)(H,15,16). The highest BCUT2D eigenvalue weighted by molar-refractivity contribution is 9.10. The fraction of sp³-hybridized carbons (Fsp3) is 0.273. The van der Waals surface area contributed by atoms with Gasteiger partial charge in [-0.15, -0.1) is 0 Å². The average Bonchev–Trinajstić information content (AvgIpc) is 2.60. The number of nitrogens with zero attached hydrogens (tertiary/aromatic N) is 1. The van der Waals surface area contributed by atoms with Gasteiger partial charge >= 0.3 is 12.0 Å². The van der Waals surface area contributed by atoms with Crippen LogP contribution in [0, 0.1) is 0 Å². The summed E-state index contributed by atoms with van der Waals surface area (Å²) in [5.74, 6) is -1.01. The van der Waals surface area contributed by atoms with Gasteiger partial charge < -0.3 is 15.3 Å². The Hall–Kier alpha value is -1.56. The first-order chi connectivity index (χ1) is 8.08. The monoisotopic (exact) mass is 298 g/mol. The molecule has 2 rings (SSSR count). The summed E-state index contributed by atoms with van der Waals surface area (Å²) < 4.78 is 0.907. The van der Waals surface area contributed by atoms with Gasteiger partial charge in [0.25, 0.3) is 0 Å². The lowest BCUT2D eigenvalue weighted by Crippen LogP contribution is -2.34. The molecule has 2 N–H and O–H groups in total. The molecule has 1 aromatic carbocycles. The molecule has 0 bridgehead atoms. The Morgan fingerprint density at radius 2 is 2.35 bits per heavy atom. The average molecular weight is 299 g/mol. The van der Waals surface area contributed by atoms with E-state index >= 15 is 0 Å². The molecule has 6 heteroatoms. The van der Waals surface area contributed by atoms with E-state index in [9.17, 15) is 9.59 Å². The lowest BCUT2D eigenvalue weighted by molar-refractivity contribution is -0.137. The Labute approximate surface area is 107 Å². The van der Waals surface area contributed by atoms with Crippen LogP contribution >= 0.6 is 15.9 Å². The van der Waals surface area contributed by atoms with Crippen molar-refractivity contribution in [2.75, 3.05) is 13.1 Å². The van der Waals surface area contributed by atoms with Crippen LogP contribution in [0.15, 0.2) is 28.7 Å². The fourth-order valence-corrected chi connectivity index (χ4v) is 2.29. The molecule has 1 saturated heterocycles. The van der Waals surface area contributed by atoms with E-state index in [0.717, 1.165) is 10.0 Å². The maximum absolute atomic E-state index is 11.5. The molecule has 0 aromatic heterocycles. The summed E-state index contributed by atoms with van der Waals surface area (Å²) >= 11 is 3.35. The van der Waals surface area contributed by atoms with Crippen LogP contribution in [-0.2, 0) is 4.79 Å². The van der Waals surface area contributed by atoms with Crippen LogP contribution < -0.4 is 5.32 Å². The minimum absolute atomic E-state index is 0.226. The molecule has 0 aliphatic carbocycles. The van der Waals surface area contributed by atoms with Gasteiger partial charge in [-0.1, -0.05) is 28.1 Å². The highest BCUT2D eigenvalue weighted by atomic mass is 79.9. The normalized spacial score (nSPS) is 19.2. The zero-order valence-corrected chi connectivity index (χ0v) is 10.5. The van der Waals surface area contributed by atoms with Crippen LogP contribution in [0.1, 0.15) is 11.6 Å². The van der Waals surface area contributed by atoms with Crippen molar-refractivity contribution in [1.29, 1.82) is 0 Å². The molecule has 0 saturated carbocycles. The molecule has 1 unspecified atom stereocenters.